The zero-order valence-corrected chi connectivity index (χ0v) is 13.0. The van der Waals surface area contributed by atoms with Crippen LogP contribution in [0.4, 0.5) is 11.4 Å². The molecule has 2 rings (SSSR count). The van der Waals surface area contributed by atoms with Crippen LogP contribution in [0.5, 0.6) is 0 Å². The zero-order valence-electron chi connectivity index (χ0n) is 12.2. The van der Waals surface area contributed by atoms with E-state index in [4.69, 9.17) is 4.42 Å². The van der Waals surface area contributed by atoms with Crippen molar-refractivity contribution in [3.05, 3.63) is 48.4 Å². The summed E-state index contributed by atoms with van der Waals surface area (Å²) in [5, 5.41) is 3.33. The molecule has 1 heterocycles. The van der Waals surface area contributed by atoms with Gasteiger partial charge in [-0.25, -0.2) is 8.42 Å². The molecule has 5 nitrogen and oxygen atoms in total. The lowest BCUT2D eigenvalue weighted by molar-refractivity contribution is 0.495. The molecule has 0 aliphatic rings. The molecule has 6 heteroatoms. The van der Waals surface area contributed by atoms with E-state index in [1.165, 1.54) is 0 Å². The fourth-order valence-electron chi connectivity index (χ4n) is 2.05. The fraction of sp³-hybridized carbons (Fsp3) is 0.333. The number of sulfonamides is 1. The minimum atomic E-state index is -3.29. The average Bonchev–Trinajstić information content (AvgIpc) is 2.90. The molecule has 0 amide bonds. The molecule has 1 aromatic heterocycles. The SMILES string of the molecule is CC(CCc1ccco1)Nc1ccccc1NS(C)(=O)=O. The Morgan fingerprint density at radius 1 is 1.14 bits per heavy atom. The largest absolute Gasteiger partial charge is 0.469 e. The van der Waals surface area contributed by atoms with Gasteiger partial charge in [-0.15, -0.1) is 0 Å². The molecule has 2 N–H and O–H groups in total. The van der Waals surface area contributed by atoms with Gasteiger partial charge in [0.15, 0.2) is 0 Å². The number of nitrogens with one attached hydrogen (secondary N) is 2. The molecule has 114 valence electrons. The molecular weight excluding hydrogens is 288 g/mol. The summed E-state index contributed by atoms with van der Waals surface area (Å²) in [6.45, 7) is 2.06. The number of furan rings is 1. The first-order valence-corrected chi connectivity index (χ1v) is 8.69. The molecule has 0 spiro atoms. The van der Waals surface area contributed by atoms with E-state index in [9.17, 15) is 8.42 Å². The van der Waals surface area contributed by atoms with Crippen LogP contribution in [0.1, 0.15) is 19.1 Å². The van der Waals surface area contributed by atoms with Crippen LogP contribution in [0.2, 0.25) is 0 Å². The molecular formula is C15H20N2O3S. The van der Waals surface area contributed by atoms with Crippen molar-refractivity contribution in [1.82, 2.24) is 0 Å². The summed E-state index contributed by atoms with van der Waals surface area (Å²) in [6.07, 6.45) is 4.53. The lowest BCUT2D eigenvalue weighted by Gasteiger charge is -2.18. The van der Waals surface area contributed by atoms with E-state index in [1.54, 1.807) is 18.4 Å². The fourth-order valence-corrected chi connectivity index (χ4v) is 2.63. The smallest absolute Gasteiger partial charge is 0.229 e. The summed E-state index contributed by atoms with van der Waals surface area (Å²) in [4.78, 5) is 0. The molecule has 0 fully saturated rings. The summed E-state index contributed by atoms with van der Waals surface area (Å²) in [5.74, 6) is 0.950. The van der Waals surface area contributed by atoms with Gasteiger partial charge in [0.2, 0.25) is 10.0 Å². The van der Waals surface area contributed by atoms with Crippen LogP contribution in [-0.2, 0) is 16.4 Å². The quantitative estimate of drug-likeness (QED) is 0.824. The molecule has 1 aromatic carbocycles. The first-order valence-electron chi connectivity index (χ1n) is 6.80. The third-order valence-corrected chi connectivity index (χ3v) is 3.62. The molecule has 21 heavy (non-hydrogen) atoms. The van der Waals surface area contributed by atoms with Crippen molar-refractivity contribution in [3.8, 4) is 0 Å². The molecule has 2 aromatic rings. The third kappa shape index (κ3) is 5.15. The van der Waals surface area contributed by atoms with Crippen molar-refractivity contribution in [2.75, 3.05) is 16.3 Å². The van der Waals surface area contributed by atoms with E-state index >= 15 is 0 Å². The van der Waals surface area contributed by atoms with Crippen LogP contribution in [0, 0.1) is 0 Å². The Bertz CT molecular complexity index is 666. The minimum Gasteiger partial charge on any atom is -0.469 e. The second kappa shape index (κ2) is 6.67. The molecule has 0 aliphatic carbocycles. The predicted octanol–water partition coefficient (Wildman–Crippen LogP) is 3.08. The standard InChI is InChI=1S/C15H20N2O3S/c1-12(9-10-13-6-5-11-20-13)16-14-7-3-4-8-15(14)17-21(2,18)19/h3-8,11-12,16-17H,9-10H2,1-2H3. The molecule has 0 radical (unpaired) electrons. The van der Waals surface area contributed by atoms with E-state index in [-0.39, 0.29) is 6.04 Å². The Hall–Kier alpha value is -1.95. The van der Waals surface area contributed by atoms with Crippen molar-refractivity contribution in [2.45, 2.75) is 25.8 Å². The first kappa shape index (κ1) is 15.4. The highest BCUT2D eigenvalue weighted by atomic mass is 32.2. The zero-order chi connectivity index (χ0) is 15.3. The number of aryl methyl sites for hydroxylation is 1. The summed E-state index contributed by atoms with van der Waals surface area (Å²) < 4.78 is 30.6. The van der Waals surface area contributed by atoms with E-state index in [1.807, 2.05) is 24.3 Å². The highest BCUT2D eigenvalue weighted by Gasteiger charge is 2.10. The maximum atomic E-state index is 11.4. The molecule has 0 aliphatic heterocycles. The Morgan fingerprint density at radius 3 is 2.48 bits per heavy atom. The van der Waals surface area contributed by atoms with E-state index in [2.05, 4.69) is 17.0 Å². The number of para-hydroxylation sites is 2. The summed E-state index contributed by atoms with van der Waals surface area (Å²) >= 11 is 0. The van der Waals surface area contributed by atoms with Crippen LogP contribution < -0.4 is 10.0 Å². The Balaban J connectivity index is 1.98. The Kier molecular flexibility index (Phi) is 4.90. The van der Waals surface area contributed by atoms with Gasteiger partial charge in [-0.2, -0.15) is 0 Å². The van der Waals surface area contributed by atoms with Gasteiger partial charge in [0.1, 0.15) is 5.76 Å². The van der Waals surface area contributed by atoms with Crippen molar-refractivity contribution < 1.29 is 12.8 Å². The molecule has 1 atom stereocenters. The Morgan fingerprint density at radius 2 is 1.86 bits per heavy atom. The van der Waals surface area contributed by atoms with Crippen LogP contribution in [-0.4, -0.2) is 20.7 Å². The van der Waals surface area contributed by atoms with Gasteiger partial charge in [-0.3, -0.25) is 4.72 Å². The molecule has 0 saturated heterocycles. The predicted molar refractivity (Wildman–Crippen MR) is 85.0 cm³/mol. The van der Waals surface area contributed by atoms with Crippen LogP contribution >= 0.6 is 0 Å². The van der Waals surface area contributed by atoms with Gasteiger partial charge in [-0.05, 0) is 37.6 Å². The summed E-state index contributed by atoms with van der Waals surface area (Å²) in [5.41, 5.74) is 1.33. The summed E-state index contributed by atoms with van der Waals surface area (Å²) in [6, 6.07) is 11.3. The highest BCUT2D eigenvalue weighted by Crippen LogP contribution is 2.23. The van der Waals surface area contributed by atoms with Gasteiger partial charge >= 0.3 is 0 Å². The monoisotopic (exact) mass is 308 g/mol. The van der Waals surface area contributed by atoms with Gasteiger partial charge < -0.3 is 9.73 Å². The average molecular weight is 308 g/mol. The van der Waals surface area contributed by atoms with Crippen LogP contribution in [0.25, 0.3) is 0 Å². The van der Waals surface area contributed by atoms with E-state index in [0.29, 0.717) is 5.69 Å². The van der Waals surface area contributed by atoms with E-state index in [0.717, 1.165) is 30.5 Å². The van der Waals surface area contributed by atoms with E-state index < -0.39 is 10.0 Å². The molecule has 0 bridgehead atoms. The lowest BCUT2D eigenvalue weighted by Crippen LogP contribution is -2.18. The van der Waals surface area contributed by atoms with Crippen LogP contribution in [0.3, 0.4) is 0 Å². The van der Waals surface area contributed by atoms with Gasteiger partial charge in [-0.1, -0.05) is 12.1 Å². The number of benzene rings is 1. The second-order valence-corrected chi connectivity index (χ2v) is 6.83. The van der Waals surface area contributed by atoms with Crippen molar-refractivity contribution in [1.29, 1.82) is 0 Å². The second-order valence-electron chi connectivity index (χ2n) is 5.08. The third-order valence-electron chi connectivity index (χ3n) is 3.03. The topological polar surface area (TPSA) is 71.3 Å². The summed E-state index contributed by atoms with van der Waals surface area (Å²) in [7, 11) is -3.29. The number of hydrogen-bond acceptors (Lipinski definition) is 4. The molecule has 0 saturated carbocycles. The van der Waals surface area contributed by atoms with Crippen molar-refractivity contribution in [3.63, 3.8) is 0 Å². The number of anilines is 2. The first-order chi connectivity index (χ1) is 9.94. The van der Waals surface area contributed by atoms with Gasteiger partial charge in [0, 0.05) is 12.5 Å². The maximum absolute atomic E-state index is 11.4. The Labute approximate surface area is 125 Å². The van der Waals surface area contributed by atoms with Gasteiger partial charge in [0.25, 0.3) is 0 Å². The maximum Gasteiger partial charge on any atom is 0.229 e. The number of rotatable bonds is 7. The normalized spacial score (nSPS) is 12.9. The minimum absolute atomic E-state index is 0.192. The lowest BCUT2D eigenvalue weighted by atomic mass is 10.1. The highest BCUT2D eigenvalue weighted by molar-refractivity contribution is 7.92. The van der Waals surface area contributed by atoms with Crippen LogP contribution in [0.15, 0.2) is 47.1 Å². The van der Waals surface area contributed by atoms with Gasteiger partial charge in [0.05, 0.1) is 23.9 Å². The van der Waals surface area contributed by atoms with Crippen molar-refractivity contribution >= 4 is 21.4 Å². The number of hydrogen-bond donors (Lipinski definition) is 2. The van der Waals surface area contributed by atoms with Crippen molar-refractivity contribution in [2.24, 2.45) is 0 Å². The molecule has 1 unspecified atom stereocenters.